The van der Waals surface area contributed by atoms with E-state index in [0.717, 1.165) is 12.8 Å². The highest BCUT2D eigenvalue weighted by atomic mass is 19.1. The van der Waals surface area contributed by atoms with Crippen molar-refractivity contribution in [2.45, 2.75) is 38.2 Å². The number of esters is 1. The number of rotatable bonds is 0. The van der Waals surface area contributed by atoms with Crippen LogP contribution in [0.25, 0.3) is 0 Å². The fourth-order valence-corrected chi connectivity index (χ4v) is 2.00. The van der Waals surface area contributed by atoms with Gasteiger partial charge in [0.15, 0.2) is 11.4 Å². The van der Waals surface area contributed by atoms with Crippen LogP contribution in [0.4, 0.5) is 4.39 Å². The van der Waals surface area contributed by atoms with Gasteiger partial charge in [0.1, 0.15) is 0 Å². The predicted octanol–water partition coefficient (Wildman–Crippen LogP) is 2.10. The maximum Gasteiger partial charge on any atom is 0.337 e. The molecule has 0 aromatic heterocycles. The Bertz CT molecular complexity index is 262. The van der Waals surface area contributed by atoms with Crippen LogP contribution in [-0.2, 0) is 9.53 Å². The minimum atomic E-state index is -0.846. The first-order valence-corrected chi connectivity index (χ1v) is 4.26. The maximum atomic E-state index is 13.5. The van der Waals surface area contributed by atoms with Gasteiger partial charge >= 0.3 is 5.97 Å². The molecule has 2 aliphatic rings. The fourth-order valence-electron chi connectivity index (χ4n) is 2.00. The number of hydrogen-bond acceptors (Lipinski definition) is 2. The number of ether oxygens (including phenoxy) is 1. The highest BCUT2D eigenvalue weighted by molar-refractivity contribution is 5.91. The molecule has 0 unspecified atom stereocenters. The van der Waals surface area contributed by atoms with Crippen LogP contribution < -0.4 is 0 Å². The zero-order valence-corrected chi connectivity index (χ0v) is 7.02. The van der Waals surface area contributed by atoms with Crippen molar-refractivity contribution >= 4 is 5.97 Å². The van der Waals surface area contributed by atoms with Crippen molar-refractivity contribution in [2.75, 3.05) is 0 Å². The van der Waals surface area contributed by atoms with Gasteiger partial charge in [0.05, 0.1) is 5.57 Å². The molecule has 0 radical (unpaired) electrons. The van der Waals surface area contributed by atoms with E-state index in [-0.39, 0.29) is 11.4 Å². The summed E-state index contributed by atoms with van der Waals surface area (Å²) in [5.74, 6) is -0.806. The Labute approximate surface area is 70.4 Å². The zero-order chi connectivity index (χ0) is 8.77. The summed E-state index contributed by atoms with van der Waals surface area (Å²) in [7, 11) is 0. The summed E-state index contributed by atoms with van der Waals surface area (Å²) in [4.78, 5) is 11.0. The van der Waals surface area contributed by atoms with Gasteiger partial charge in [0.25, 0.3) is 0 Å². The number of carbonyl (C=O) groups excluding carboxylic acids is 1. The van der Waals surface area contributed by atoms with E-state index in [2.05, 4.69) is 0 Å². The van der Waals surface area contributed by atoms with Gasteiger partial charge < -0.3 is 4.74 Å². The first-order valence-electron chi connectivity index (χ1n) is 4.26. The second-order valence-corrected chi connectivity index (χ2v) is 3.53. The molecule has 0 saturated heterocycles. The van der Waals surface area contributed by atoms with E-state index >= 15 is 0 Å². The molecule has 1 saturated carbocycles. The van der Waals surface area contributed by atoms with E-state index in [9.17, 15) is 9.18 Å². The number of carbonyl (C=O) groups is 1. The Morgan fingerprint density at radius 3 is 2.42 bits per heavy atom. The Morgan fingerprint density at radius 1 is 1.42 bits per heavy atom. The summed E-state index contributed by atoms with van der Waals surface area (Å²) in [6.45, 7) is 1.49. The lowest BCUT2D eigenvalue weighted by Gasteiger charge is -2.20. The Kier molecular flexibility index (Phi) is 1.50. The summed E-state index contributed by atoms with van der Waals surface area (Å²) in [5.41, 5.74) is -0.682. The second kappa shape index (κ2) is 2.31. The van der Waals surface area contributed by atoms with Crippen molar-refractivity contribution in [2.24, 2.45) is 0 Å². The van der Waals surface area contributed by atoms with Gasteiger partial charge in [-0.05, 0) is 32.6 Å². The zero-order valence-electron chi connectivity index (χ0n) is 7.02. The number of halogens is 1. The van der Waals surface area contributed by atoms with Crippen molar-refractivity contribution in [3.63, 3.8) is 0 Å². The number of hydrogen-bond donors (Lipinski definition) is 0. The second-order valence-electron chi connectivity index (χ2n) is 3.53. The molecule has 12 heavy (non-hydrogen) atoms. The lowest BCUT2D eigenvalue weighted by Crippen LogP contribution is -2.26. The first-order chi connectivity index (χ1) is 5.66. The predicted molar refractivity (Wildman–Crippen MR) is 41.1 cm³/mol. The van der Waals surface area contributed by atoms with Gasteiger partial charge in [-0.2, -0.15) is 0 Å². The lowest BCUT2D eigenvalue weighted by atomic mass is 10.0. The average molecular weight is 170 g/mol. The molecular formula is C9H11FO2. The molecule has 66 valence electrons. The van der Waals surface area contributed by atoms with Crippen LogP contribution in [0.1, 0.15) is 32.6 Å². The third-order valence-electron chi connectivity index (χ3n) is 2.73. The van der Waals surface area contributed by atoms with Crippen molar-refractivity contribution in [3.05, 3.63) is 11.4 Å². The van der Waals surface area contributed by atoms with Crippen LogP contribution in [0, 0.1) is 0 Å². The standard InChI is InChI=1S/C9H11FO2/c1-6-7(10)9(12-8(6)11)4-2-3-5-9/h2-5H2,1H3. The van der Waals surface area contributed by atoms with Gasteiger partial charge in [-0.1, -0.05) is 0 Å². The van der Waals surface area contributed by atoms with Gasteiger partial charge in [0, 0.05) is 0 Å². The fraction of sp³-hybridized carbons (Fsp3) is 0.667. The van der Waals surface area contributed by atoms with Gasteiger partial charge in [-0.25, -0.2) is 9.18 Å². The molecule has 2 rings (SSSR count). The van der Waals surface area contributed by atoms with E-state index in [4.69, 9.17) is 4.74 Å². The van der Waals surface area contributed by atoms with Crippen molar-refractivity contribution in [1.29, 1.82) is 0 Å². The topological polar surface area (TPSA) is 26.3 Å². The van der Waals surface area contributed by atoms with Crippen LogP contribution in [-0.4, -0.2) is 11.6 Å². The monoisotopic (exact) mass is 170 g/mol. The van der Waals surface area contributed by atoms with Crippen LogP contribution in [0.15, 0.2) is 11.4 Å². The average Bonchev–Trinajstić information content (AvgIpc) is 2.57. The van der Waals surface area contributed by atoms with Gasteiger partial charge in [-0.15, -0.1) is 0 Å². The molecule has 0 atom stereocenters. The molecule has 3 heteroatoms. The summed E-state index contributed by atoms with van der Waals surface area (Å²) >= 11 is 0. The van der Waals surface area contributed by atoms with E-state index in [1.165, 1.54) is 6.92 Å². The van der Waals surface area contributed by atoms with Gasteiger partial charge in [0.2, 0.25) is 0 Å². The molecule has 2 nitrogen and oxygen atoms in total. The quantitative estimate of drug-likeness (QED) is 0.520. The molecule has 1 heterocycles. The molecule has 1 aliphatic heterocycles. The van der Waals surface area contributed by atoms with E-state index < -0.39 is 11.6 Å². The van der Waals surface area contributed by atoms with E-state index in [0.29, 0.717) is 12.8 Å². The third kappa shape index (κ3) is 0.822. The minimum absolute atomic E-state index is 0.164. The molecule has 1 fully saturated rings. The third-order valence-corrected chi connectivity index (χ3v) is 2.73. The highest BCUT2D eigenvalue weighted by Crippen LogP contribution is 2.45. The van der Waals surface area contributed by atoms with E-state index in [1.807, 2.05) is 0 Å². The molecule has 1 spiro atoms. The summed E-state index contributed by atoms with van der Waals surface area (Å²) in [6.07, 6.45) is 3.21. The Morgan fingerprint density at radius 2 is 2.00 bits per heavy atom. The minimum Gasteiger partial charge on any atom is -0.448 e. The smallest absolute Gasteiger partial charge is 0.337 e. The lowest BCUT2D eigenvalue weighted by molar-refractivity contribution is -0.147. The van der Waals surface area contributed by atoms with Crippen LogP contribution in [0.3, 0.4) is 0 Å². The Balaban J connectivity index is 2.37. The maximum absolute atomic E-state index is 13.5. The highest BCUT2D eigenvalue weighted by Gasteiger charge is 2.48. The molecule has 0 bridgehead atoms. The molecule has 0 amide bonds. The van der Waals surface area contributed by atoms with Gasteiger partial charge in [-0.3, -0.25) is 0 Å². The normalized spacial score (nSPS) is 27.0. The largest absolute Gasteiger partial charge is 0.448 e. The summed E-state index contributed by atoms with van der Waals surface area (Å²) in [5, 5.41) is 0. The van der Waals surface area contributed by atoms with Crippen molar-refractivity contribution in [3.8, 4) is 0 Å². The van der Waals surface area contributed by atoms with Crippen molar-refractivity contribution < 1.29 is 13.9 Å². The molecule has 0 N–H and O–H groups in total. The molecule has 1 aliphatic carbocycles. The first kappa shape index (κ1) is 7.77. The van der Waals surface area contributed by atoms with Crippen molar-refractivity contribution in [1.82, 2.24) is 0 Å². The summed E-state index contributed by atoms with van der Waals surface area (Å²) in [6, 6.07) is 0. The van der Waals surface area contributed by atoms with Crippen LogP contribution in [0.5, 0.6) is 0 Å². The SMILES string of the molecule is CC1=C(F)C2(CCCC2)OC1=O. The van der Waals surface area contributed by atoms with Crippen LogP contribution in [0.2, 0.25) is 0 Å². The Hall–Kier alpha value is -0.860. The molecule has 0 aromatic rings. The van der Waals surface area contributed by atoms with E-state index in [1.54, 1.807) is 0 Å². The summed E-state index contributed by atoms with van der Waals surface area (Å²) < 4.78 is 18.5. The molecule has 0 aromatic carbocycles. The molecular weight excluding hydrogens is 159 g/mol. The van der Waals surface area contributed by atoms with Crippen LogP contribution >= 0.6 is 0 Å².